The largest absolute Gasteiger partial charge is 0.348 e. The van der Waals surface area contributed by atoms with E-state index in [0.29, 0.717) is 6.42 Å². The standard InChI is InChI=1S/C12H17FN2O3/c1-4-12(3)7(2)9(13)10(18-12)15-6-5-8(16)14-11(15)17/h5-7,9-10H,4H2,1-3H3,(H,14,16,17)/t7?,9-,10+,12+/m0/s1. The quantitative estimate of drug-likeness (QED) is 0.865. The van der Waals surface area contributed by atoms with Crippen LogP contribution in [0, 0.1) is 5.92 Å². The number of ether oxygens (including phenoxy) is 1. The number of aromatic amines is 1. The highest BCUT2D eigenvalue weighted by Gasteiger charge is 2.50. The van der Waals surface area contributed by atoms with Crippen molar-refractivity contribution in [3.63, 3.8) is 0 Å². The average molecular weight is 256 g/mol. The van der Waals surface area contributed by atoms with Crippen molar-refractivity contribution in [1.29, 1.82) is 0 Å². The van der Waals surface area contributed by atoms with Crippen molar-refractivity contribution in [3.8, 4) is 0 Å². The van der Waals surface area contributed by atoms with Crippen LogP contribution in [0.15, 0.2) is 21.9 Å². The van der Waals surface area contributed by atoms with Crippen LogP contribution in [0.1, 0.15) is 33.4 Å². The first kappa shape index (κ1) is 13.0. The number of hydrogen-bond acceptors (Lipinski definition) is 3. The van der Waals surface area contributed by atoms with Crippen molar-refractivity contribution in [2.75, 3.05) is 0 Å². The Morgan fingerprint density at radius 3 is 2.72 bits per heavy atom. The first-order valence-corrected chi connectivity index (χ1v) is 6.02. The Morgan fingerprint density at radius 2 is 2.22 bits per heavy atom. The minimum absolute atomic E-state index is 0.314. The molecule has 1 aromatic heterocycles. The van der Waals surface area contributed by atoms with E-state index in [-0.39, 0.29) is 5.92 Å². The molecule has 0 aliphatic carbocycles. The van der Waals surface area contributed by atoms with E-state index in [9.17, 15) is 14.0 Å². The van der Waals surface area contributed by atoms with Gasteiger partial charge in [0, 0.05) is 18.2 Å². The lowest BCUT2D eigenvalue weighted by molar-refractivity contribution is -0.0809. The monoisotopic (exact) mass is 256 g/mol. The molecule has 2 rings (SSSR count). The normalized spacial score (nSPS) is 35.9. The summed E-state index contributed by atoms with van der Waals surface area (Å²) in [4.78, 5) is 24.7. The summed E-state index contributed by atoms with van der Waals surface area (Å²) in [5.74, 6) is -0.314. The molecular weight excluding hydrogens is 239 g/mol. The molecule has 1 aliphatic heterocycles. The second-order valence-electron chi connectivity index (χ2n) is 4.93. The molecule has 1 aliphatic rings. The Bertz CT molecular complexity index is 553. The lowest BCUT2D eigenvalue weighted by Gasteiger charge is -2.26. The van der Waals surface area contributed by atoms with Gasteiger partial charge in [0.25, 0.3) is 5.56 Å². The van der Waals surface area contributed by atoms with Crippen molar-refractivity contribution in [2.45, 2.75) is 45.2 Å². The van der Waals surface area contributed by atoms with Crippen molar-refractivity contribution in [2.24, 2.45) is 5.92 Å². The molecule has 0 radical (unpaired) electrons. The van der Waals surface area contributed by atoms with Crippen molar-refractivity contribution in [3.05, 3.63) is 33.1 Å². The predicted octanol–water partition coefficient (Wildman–Crippen LogP) is 1.21. The maximum atomic E-state index is 14.3. The maximum Gasteiger partial charge on any atom is 0.330 e. The maximum absolute atomic E-state index is 14.3. The van der Waals surface area contributed by atoms with Crippen LogP contribution in [0.3, 0.4) is 0 Å². The second kappa shape index (κ2) is 4.35. The van der Waals surface area contributed by atoms with E-state index in [1.54, 1.807) is 6.92 Å². The van der Waals surface area contributed by atoms with Crippen LogP contribution < -0.4 is 11.2 Å². The number of nitrogens with one attached hydrogen (secondary N) is 1. The van der Waals surface area contributed by atoms with Crippen LogP contribution in [-0.4, -0.2) is 21.3 Å². The predicted molar refractivity (Wildman–Crippen MR) is 64.2 cm³/mol. The van der Waals surface area contributed by atoms with E-state index < -0.39 is 29.2 Å². The lowest BCUT2D eigenvalue weighted by Crippen LogP contribution is -2.34. The number of alkyl halides is 1. The lowest BCUT2D eigenvalue weighted by atomic mass is 9.87. The molecule has 0 amide bonds. The summed E-state index contributed by atoms with van der Waals surface area (Å²) >= 11 is 0. The van der Waals surface area contributed by atoms with Crippen molar-refractivity contribution in [1.82, 2.24) is 9.55 Å². The molecule has 100 valence electrons. The molecule has 1 saturated heterocycles. The number of H-pyrrole nitrogens is 1. The smallest absolute Gasteiger partial charge is 0.330 e. The number of halogens is 1. The van der Waals surface area contributed by atoms with E-state index >= 15 is 0 Å². The molecule has 18 heavy (non-hydrogen) atoms. The zero-order valence-corrected chi connectivity index (χ0v) is 10.6. The highest BCUT2D eigenvalue weighted by Crippen LogP contribution is 2.44. The fraction of sp³-hybridized carbons (Fsp3) is 0.667. The summed E-state index contributed by atoms with van der Waals surface area (Å²) in [6, 6.07) is 1.18. The molecule has 0 saturated carbocycles. The third-order valence-corrected chi connectivity index (χ3v) is 3.93. The van der Waals surface area contributed by atoms with Crippen LogP contribution in [-0.2, 0) is 4.74 Å². The first-order valence-electron chi connectivity index (χ1n) is 6.02. The van der Waals surface area contributed by atoms with Crippen molar-refractivity contribution < 1.29 is 9.13 Å². The summed E-state index contributed by atoms with van der Waals surface area (Å²) in [5, 5.41) is 0. The number of hydrogen-bond donors (Lipinski definition) is 1. The van der Waals surface area contributed by atoms with Gasteiger partial charge in [0.15, 0.2) is 12.4 Å². The Balaban J connectivity index is 2.41. The van der Waals surface area contributed by atoms with Crippen LogP contribution in [0.25, 0.3) is 0 Å². The SMILES string of the molecule is CC[C@@]1(C)O[C@@H](n2ccc(=O)[nH]c2=O)[C@@H](F)C1C. The van der Waals surface area contributed by atoms with Gasteiger partial charge in [-0.1, -0.05) is 13.8 Å². The van der Waals surface area contributed by atoms with E-state index in [2.05, 4.69) is 4.98 Å². The van der Waals surface area contributed by atoms with Gasteiger partial charge in [-0.3, -0.25) is 14.3 Å². The van der Waals surface area contributed by atoms with Gasteiger partial charge in [-0.2, -0.15) is 0 Å². The summed E-state index contributed by atoms with van der Waals surface area (Å²) < 4.78 is 21.0. The molecule has 1 aromatic rings. The summed E-state index contributed by atoms with van der Waals surface area (Å²) in [5.41, 5.74) is -1.75. The van der Waals surface area contributed by atoms with Crippen LogP contribution in [0.2, 0.25) is 0 Å². The Kier molecular flexibility index (Phi) is 3.14. The molecule has 5 nitrogen and oxygen atoms in total. The molecule has 2 heterocycles. The molecule has 0 spiro atoms. The fourth-order valence-corrected chi connectivity index (χ4v) is 2.28. The molecule has 1 N–H and O–H groups in total. The Labute approximate surface area is 104 Å². The second-order valence-corrected chi connectivity index (χ2v) is 4.93. The summed E-state index contributed by atoms with van der Waals surface area (Å²) in [6.45, 7) is 5.52. The molecule has 1 fully saturated rings. The van der Waals surface area contributed by atoms with Gasteiger partial charge >= 0.3 is 5.69 Å². The number of aromatic nitrogens is 2. The topological polar surface area (TPSA) is 64.1 Å². The van der Waals surface area contributed by atoms with Gasteiger partial charge in [-0.25, -0.2) is 9.18 Å². The zero-order valence-electron chi connectivity index (χ0n) is 10.6. The van der Waals surface area contributed by atoms with Crippen LogP contribution in [0.4, 0.5) is 4.39 Å². The van der Waals surface area contributed by atoms with Gasteiger partial charge in [0.05, 0.1) is 5.60 Å². The highest BCUT2D eigenvalue weighted by atomic mass is 19.1. The van der Waals surface area contributed by atoms with Crippen LogP contribution >= 0.6 is 0 Å². The van der Waals surface area contributed by atoms with E-state index in [0.717, 1.165) is 4.57 Å². The summed E-state index contributed by atoms with van der Waals surface area (Å²) in [6.07, 6.45) is -0.330. The molecule has 4 atom stereocenters. The van der Waals surface area contributed by atoms with Gasteiger partial charge < -0.3 is 4.74 Å². The van der Waals surface area contributed by atoms with Gasteiger partial charge in [-0.15, -0.1) is 0 Å². The number of nitrogens with zero attached hydrogens (tertiary/aromatic N) is 1. The van der Waals surface area contributed by atoms with Gasteiger partial charge in [-0.05, 0) is 13.3 Å². The third-order valence-electron chi connectivity index (χ3n) is 3.93. The average Bonchev–Trinajstić information content (AvgIpc) is 2.55. The van der Waals surface area contributed by atoms with Gasteiger partial charge in [0.2, 0.25) is 0 Å². The Morgan fingerprint density at radius 1 is 1.56 bits per heavy atom. The molecule has 0 aromatic carbocycles. The first-order chi connectivity index (χ1) is 8.39. The fourth-order valence-electron chi connectivity index (χ4n) is 2.28. The number of rotatable bonds is 2. The molecule has 1 unspecified atom stereocenters. The van der Waals surface area contributed by atoms with Crippen LogP contribution in [0.5, 0.6) is 0 Å². The summed E-state index contributed by atoms with van der Waals surface area (Å²) in [7, 11) is 0. The zero-order chi connectivity index (χ0) is 13.5. The van der Waals surface area contributed by atoms with Gasteiger partial charge in [0.1, 0.15) is 0 Å². The van der Waals surface area contributed by atoms with E-state index in [1.807, 2.05) is 13.8 Å². The van der Waals surface area contributed by atoms with E-state index in [4.69, 9.17) is 4.74 Å². The molecular formula is C12H17FN2O3. The minimum Gasteiger partial charge on any atom is -0.348 e. The van der Waals surface area contributed by atoms with Crippen molar-refractivity contribution >= 4 is 0 Å². The minimum atomic E-state index is -1.28. The van der Waals surface area contributed by atoms with E-state index in [1.165, 1.54) is 12.3 Å². The Hall–Kier alpha value is -1.43. The molecule has 6 heteroatoms. The molecule has 0 bridgehead atoms. The highest BCUT2D eigenvalue weighted by molar-refractivity contribution is 4.97. The third kappa shape index (κ3) is 1.90.